The van der Waals surface area contributed by atoms with Gasteiger partial charge in [-0.15, -0.1) is 35.5 Å². The first-order valence-corrected chi connectivity index (χ1v) is 3.32. The predicted molar refractivity (Wildman–Crippen MR) is 41.3 cm³/mol. The van der Waals surface area contributed by atoms with E-state index >= 15 is 0 Å². The Morgan fingerprint density at radius 2 is 2.00 bits per heavy atom. The van der Waals surface area contributed by atoms with Gasteiger partial charge < -0.3 is 0 Å². The molecular formula is C5H6N2S2. The number of thiol groups is 2. The second kappa shape index (κ2) is 2.58. The van der Waals surface area contributed by atoms with Crippen molar-refractivity contribution in [2.45, 2.75) is 17.0 Å². The zero-order chi connectivity index (χ0) is 6.85. The van der Waals surface area contributed by atoms with Gasteiger partial charge in [-0.1, -0.05) is 0 Å². The molecule has 2 nitrogen and oxygen atoms in total. The van der Waals surface area contributed by atoms with E-state index in [0.29, 0.717) is 10.1 Å². The lowest BCUT2D eigenvalue weighted by Gasteiger charge is -1.94. The summed E-state index contributed by atoms with van der Waals surface area (Å²) in [4.78, 5) is 0. The van der Waals surface area contributed by atoms with Gasteiger partial charge in [0.25, 0.3) is 0 Å². The summed E-state index contributed by atoms with van der Waals surface area (Å²) >= 11 is 8.03. The molecule has 0 radical (unpaired) electrons. The minimum atomic E-state index is 0.630. The summed E-state index contributed by atoms with van der Waals surface area (Å²) in [5.74, 6) is 0. The van der Waals surface area contributed by atoms with Crippen molar-refractivity contribution in [1.29, 1.82) is 0 Å². The Labute approximate surface area is 64.5 Å². The summed E-state index contributed by atoms with van der Waals surface area (Å²) < 4.78 is 0. The first kappa shape index (κ1) is 6.89. The highest BCUT2D eigenvalue weighted by Crippen LogP contribution is 2.09. The molecule has 1 aromatic heterocycles. The Morgan fingerprint density at radius 1 is 1.33 bits per heavy atom. The van der Waals surface area contributed by atoms with Crippen LogP contribution >= 0.6 is 25.3 Å². The Hall–Kier alpha value is -0.220. The molecule has 0 aliphatic carbocycles. The lowest BCUT2D eigenvalue weighted by Crippen LogP contribution is -1.86. The molecule has 4 heteroatoms. The van der Waals surface area contributed by atoms with Crippen LogP contribution in [0.2, 0.25) is 0 Å². The van der Waals surface area contributed by atoms with Gasteiger partial charge in [-0.05, 0) is 18.6 Å². The van der Waals surface area contributed by atoms with E-state index < -0.39 is 0 Å². The Morgan fingerprint density at radius 3 is 2.44 bits per heavy atom. The largest absolute Gasteiger partial charge is 0.143 e. The maximum Gasteiger partial charge on any atom is 0.119 e. The van der Waals surface area contributed by atoms with E-state index in [-0.39, 0.29) is 0 Å². The van der Waals surface area contributed by atoms with E-state index in [2.05, 4.69) is 35.5 Å². The van der Waals surface area contributed by atoms with Crippen LogP contribution in [0.15, 0.2) is 16.1 Å². The summed E-state index contributed by atoms with van der Waals surface area (Å²) in [5, 5.41) is 8.68. The van der Waals surface area contributed by atoms with Crippen LogP contribution in [-0.4, -0.2) is 10.2 Å². The van der Waals surface area contributed by atoms with Crippen LogP contribution in [0.5, 0.6) is 0 Å². The smallest absolute Gasteiger partial charge is 0.119 e. The quantitative estimate of drug-likeness (QED) is 0.557. The summed E-state index contributed by atoms with van der Waals surface area (Å²) in [7, 11) is 0. The molecule has 0 saturated heterocycles. The van der Waals surface area contributed by atoms with Crippen LogP contribution in [-0.2, 0) is 0 Å². The average molecular weight is 158 g/mol. The highest BCUT2D eigenvalue weighted by atomic mass is 32.1. The molecule has 0 aromatic carbocycles. The summed E-state index contributed by atoms with van der Waals surface area (Å²) in [5.41, 5.74) is 0.998. The molecule has 9 heavy (non-hydrogen) atoms. The van der Waals surface area contributed by atoms with Gasteiger partial charge in [0, 0.05) is 0 Å². The number of aryl methyl sites for hydroxylation is 1. The molecule has 0 atom stereocenters. The zero-order valence-corrected chi connectivity index (χ0v) is 6.66. The number of hydrogen-bond donors (Lipinski definition) is 2. The fourth-order valence-corrected chi connectivity index (χ4v) is 0.812. The second-order valence-electron chi connectivity index (χ2n) is 1.71. The van der Waals surface area contributed by atoms with Crippen molar-refractivity contribution in [3.63, 3.8) is 0 Å². The highest BCUT2D eigenvalue weighted by Gasteiger charge is 1.93. The number of nitrogens with zero attached hydrogens (tertiary/aromatic N) is 2. The molecule has 1 heterocycles. The van der Waals surface area contributed by atoms with E-state index in [4.69, 9.17) is 0 Å². The lowest BCUT2D eigenvalue weighted by atomic mass is 10.4. The third kappa shape index (κ3) is 1.59. The molecule has 0 aliphatic rings. The summed E-state index contributed by atoms with van der Waals surface area (Å²) in [6.07, 6.45) is 0. The molecule has 0 amide bonds. The van der Waals surface area contributed by atoms with E-state index in [0.717, 1.165) is 5.56 Å². The third-order valence-corrected chi connectivity index (χ3v) is 1.61. The van der Waals surface area contributed by atoms with Gasteiger partial charge in [-0.25, -0.2) is 0 Å². The van der Waals surface area contributed by atoms with Crippen molar-refractivity contribution in [1.82, 2.24) is 10.2 Å². The molecule has 0 saturated carbocycles. The molecule has 0 fully saturated rings. The summed E-state index contributed by atoms with van der Waals surface area (Å²) in [6, 6.07) is 1.82. The Kier molecular flexibility index (Phi) is 1.97. The maximum absolute atomic E-state index is 4.04. The SMILES string of the molecule is Cc1cc(S)nnc1S. The molecular weight excluding hydrogens is 152 g/mol. The molecule has 0 aliphatic heterocycles. The van der Waals surface area contributed by atoms with Gasteiger partial charge in [0.2, 0.25) is 0 Å². The summed E-state index contributed by atoms with van der Waals surface area (Å²) in [6.45, 7) is 1.91. The Balaban J connectivity index is 3.17. The minimum absolute atomic E-state index is 0.630. The molecule has 1 rings (SSSR count). The molecule has 0 N–H and O–H groups in total. The van der Waals surface area contributed by atoms with Crippen molar-refractivity contribution < 1.29 is 0 Å². The van der Waals surface area contributed by atoms with Gasteiger partial charge in [-0.2, -0.15) is 0 Å². The van der Waals surface area contributed by atoms with Crippen molar-refractivity contribution in [2.24, 2.45) is 0 Å². The highest BCUT2D eigenvalue weighted by molar-refractivity contribution is 7.80. The van der Waals surface area contributed by atoms with E-state index in [9.17, 15) is 0 Å². The minimum Gasteiger partial charge on any atom is -0.143 e. The molecule has 1 aromatic rings. The van der Waals surface area contributed by atoms with E-state index in [1.807, 2.05) is 13.0 Å². The fourth-order valence-electron chi connectivity index (χ4n) is 0.465. The normalized spacial score (nSPS) is 9.67. The Bertz CT molecular complexity index is 224. The predicted octanol–water partition coefficient (Wildman–Crippen LogP) is 1.36. The molecule has 0 unspecified atom stereocenters. The van der Waals surface area contributed by atoms with Gasteiger partial charge in [0.15, 0.2) is 0 Å². The van der Waals surface area contributed by atoms with Gasteiger partial charge >= 0.3 is 0 Å². The monoisotopic (exact) mass is 158 g/mol. The van der Waals surface area contributed by atoms with Crippen LogP contribution in [0.25, 0.3) is 0 Å². The molecule has 0 bridgehead atoms. The number of aromatic nitrogens is 2. The van der Waals surface area contributed by atoms with Crippen LogP contribution < -0.4 is 0 Å². The van der Waals surface area contributed by atoms with Gasteiger partial charge in [0.1, 0.15) is 10.1 Å². The van der Waals surface area contributed by atoms with Crippen LogP contribution in [0.1, 0.15) is 5.56 Å². The van der Waals surface area contributed by atoms with Crippen molar-refractivity contribution in [3.05, 3.63) is 11.6 Å². The van der Waals surface area contributed by atoms with Crippen molar-refractivity contribution >= 4 is 25.3 Å². The van der Waals surface area contributed by atoms with E-state index in [1.54, 1.807) is 0 Å². The average Bonchev–Trinajstić information content (AvgIpc) is 1.80. The van der Waals surface area contributed by atoms with Crippen LogP contribution in [0.3, 0.4) is 0 Å². The number of hydrogen-bond acceptors (Lipinski definition) is 4. The fraction of sp³-hybridized carbons (Fsp3) is 0.200. The first-order chi connectivity index (χ1) is 4.20. The van der Waals surface area contributed by atoms with Gasteiger partial charge in [-0.3, -0.25) is 0 Å². The maximum atomic E-state index is 4.04. The number of rotatable bonds is 0. The third-order valence-electron chi connectivity index (χ3n) is 0.945. The lowest BCUT2D eigenvalue weighted by molar-refractivity contribution is 0.841. The van der Waals surface area contributed by atoms with Crippen molar-refractivity contribution in [2.75, 3.05) is 0 Å². The van der Waals surface area contributed by atoms with Gasteiger partial charge in [0.05, 0.1) is 0 Å². The standard InChI is InChI=1S/C5H6N2S2/c1-3-2-4(8)6-7-5(3)9/h2H,1H3,(H,6,8)(H,7,9). The topological polar surface area (TPSA) is 25.8 Å². The molecule has 0 spiro atoms. The zero-order valence-electron chi connectivity index (χ0n) is 4.87. The second-order valence-corrected chi connectivity index (χ2v) is 2.59. The van der Waals surface area contributed by atoms with E-state index in [1.165, 1.54) is 0 Å². The van der Waals surface area contributed by atoms with Crippen molar-refractivity contribution in [3.8, 4) is 0 Å². The van der Waals surface area contributed by atoms with Crippen LogP contribution in [0.4, 0.5) is 0 Å². The first-order valence-electron chi connectivity index (χ1n) is 2.42. The molecule has 48 valence electrons. The van der Waals surface area contributed by atoms with Crippen LogP contribution in [0, 0.1) is 6.92 Å².